The first-order valence-corrected chi connectivity index (χ1v) is 3.30. The minimum absolute atomic E-state index is 0.413. The van der Waals surface area contributed by atoms with Crippen LogP contribution in [-0.4, -0.2) is 25.5 Å². The molecule has 11 heavy (non-hydrogen) atoms. The lowest BCUT2D eigenvalue weighted by Crippen LogP contribution is -2.26. The number of nitrogens with zero attached hydrogens (tertiary/aromatic N) is 1. The van der Waals surface area contributed by atoms with Crippen LogP contribution in [0, 0.1) is 0 Å². The van der Waals surface area contributed by atoms with Crippen LogP contribution in [0.2, 0.25) is 0 Å². The summed E-state index contributed by atoms with van der Waals surface area (Å²) in [5.74, 6) is 0. The Morgan fingerprint density at radius 3 is 2.73 bits per heavy atom. The molecule has 0 aromatic rings. The number of amides is 2. The Balaban J connectivity index is 3.80. The van der Waals surface area contributed by atoms with E-state index in [0.717, 1.165) is 12.1 Å². The Morgan fingerprint density at radius 1 is 1.73 bits per heavy atom. The molecule has 2 amide bonds. The zero-order valence-electron chi connectivity index (χ0n) is 6.76. The second-order valence-electron chi connectivity index (χ2n) is 1.94. The summed E-state index contributed by atoms with van der Waals surface area (Å²) in [4.78, 5) is 10.2. The predicted molar refractivity (Wildman–Crippen MR) is 42.3 cm³/mol. The van der Waals surface area contributed by atoms with Crippen molar-refractivity contribution in [3.05, 3.63) is 0 Å². The van der Waals surface area contributed by atoms with Crippen molar-refractivity contribution in [2.45, 2.75) is 13.3 Å². The summed E-state index contributed by atoms with van der Waals surface area (Å²) < 4.78 is 4.80. The van der Waals surface area contributed by atoms with Gasteiger partial charge in [0.2, 0.25) is 0 Å². The highest BCUT2D eigenvalue weighted by atomic mass is 16.5. The number of hydrazone groups is 1. The van der Waals surface area contributed by atoms with Crippen molar-refractivity contribution in [3.8, 4) is 0 Å². The molecule has 0 aliphatic carbocycles. The summed E-state index contributed by atoms with van der Waals surface area (Å²) >= 11 is 0. The van der Waals surface area contributed by atoms with Gasteiger partial charge >= 0.3 is 6.03 Å². The summed E-state index contributed by atoms with van der Waals surface area (Å²) in [6.45, 7) is 2.33. The van der Waals surface area contributed by atoms with E-state index in [1.54, 1.807) is 7.11 Å². The van der Waals surface area contributed by atoms with Crippen molar-refractivity contribution < 1.29 is 9.53 Å². The summed E-state index contributed by atoms with van der Waals surface area (Å²) in [6, 6.07) is -0.660. The largest absolute Gasteiger partial charge is 0.379 e. The predicted octanol–water partition coefficient (Wildman–Crippen LogP) is 0.0671. The Hall–Kier alpha value is -1.10. The molecule has 64 valence electrons. The summed E-state index contributed by atoms with van der Waals surface area (Å²) in [5, 5.41) is 3.70. The number of primary amides is 1. The molecule has 0 heterocycles. The van der Waals surface area contributed by atoms with Gasteiger partial charge in [0.05, 0.1) is 12.3 Å². The number of methoxy groups -OCH3 is 1. The molecule has 0 aromatic heterocycles. The molecule has 0 saturated carbocycles. The van der Waals surface area contributed by atoms with Gasteiger partial charge in [-0.15, -0.1) is 0 Å². The van der Waals surface area contributed by atoms with Gasteiger partial charge in [-0.2, -0.15) is 5.10 Å². The monoisotopic (exact) mass is 159 g/mol. The molecule has 0 aromatic carbocycles. The molecule has 0 rings (SSSR count). The number of hydrogen-bond donors (Lipinski definition) is 2. The van der Waals surface area contributed by atoms with Crippen molar-refractivity contribution in [2.75, 3.05) is 13.7 Å². The first-order valence-electron chi connectivity index (χ1n) is 3.30. The van der Waals surface area contributed by atoms with Crippen LogP contribution in [-0.2, 0) is 4.74 Å². The fraction of sp³-hybridized carbons (Fsp3) is 0.667. The fourth-order valence-electron chi connectivity index (χ4n) is 0.514. The van der Waals surface area contributed by atoms with Crippen LogP contribution in [0.1, 0.15) is 13.3 Å². The van der Waals surface area contributed by atoms with E-state index in [1.807, 2.05) is 6.92 Å². The second-order valence-corrected chi connectivity index (χ2v) is 1.94. The molecule has 5 heteroatoms. The van der Waals surface area contributed by atoms with Gasteiger partial charge in [0.25, 0.3) is 0 Å². The van der Waals surface area contributed by atoms with Gasteiger partial charge in [0, 0.05) is 7.11 Å². The molecular weight excluding hydrogens is 146 g/mol. The molecule has 0 radical (unpaired) electrons. The molecule has 0 aliphatic heterocycles. The number of carbonyl (C=O) groups excluding carboxylic acids is 1. The minimum atomic E-state index is -0.660. The highest BCUT2D eigenvalue weighted by Gasteiger charge is 1.94. The Bertz CT molecular complexity index is 156. The molecule has 3 N–H and O–H groups in total. The quantitative estimate of drug-likeness (QED) is 0.449. The SMILES string of the molecule is CCC(COC)=NNC(N)=O. The second kappa shape index (κ2) is 5.67. The maximum Gasteiger partial charge on any atom is 0.332 e. The average molecular weight is 159 g/mol. The highest BCUT2D eigenvalue weighted by Crippen LogP contribution is 1.84. The Morgan fingerprint density at radius 2 is 2.36 bits per heavy atom. The molecule has 0 aliphatic rings. The fourth-order valence-corrected chi connectivity index (χ4v) is 0.514. The molecule has 0 saturated heterocycles. The lowest BCUT2D eigenvalue weighted by atomic mass is 10.3. The van der Waals surface area contributed by atoms with Crippen molar-refractivity contribution in [1.82, 2.24) is 5.43 Å². The number of rotatable bonds is 4. The van der Waals surface area contributed by atoms with Crippen LogP contribution < -0.4 is 11.2 Å². The smallest absolute Gasteiger partial charge is 0.332 e. The highest BCUT2D eigenvalue weighted by molar-refractivity contribution is 5.86. The van der Waals surface area contributed by atoms with E-state index in [1.165, 1.54) is 0 Å². The van der Waals surface area contributed by atoms with Gasteiger partial charge in [0.15, 0.2) is 0 Å². The summed E-state index contributed by atoms with van der Waals surface area (Å²) in [5.41, 5.74) is 7.68. The van der Waals surface area contributed by atoms with E-state index >= 15 is 0 Å². The van der Waals surface area contributed by atoms with E-state index in [0.29, 0.717) is 6.61 Å². The van der Waals surface area contributed by atoms with Crippen LogP contribution >= 0.6 is 0 Å². The maximum absolute atomic E-state index is 10.2. The van der Waals surface area contributed by atoms with Crippen LogP contribution in [0.3, 0.4) is 0 Å². The number of hydrogen-bond acceptors (Lipinski definition) is 3. The van der Waals surface area contributed by atoms with Gasteiger partial charge in [0.1, 0.15) is 0 Å². The maximum atomic E-state index is 10.2. The van der Waals surface area contributed by atoms with Gasteiger partial charge < -0.3 is 10.5 Å². The summed E-state index contributed by atoms with van der Waals surface area (Å²) in [7, 11) is 1.56. The van der Waals surface area contributed by atoms with Crippen LogP contribution in [0.5, 0.6) is 0 Å². The van der Waals surface area contributed by atoms with E-state index < -0.39 is 6.03 Å². The molecule has 0 unspecified atom stereocenters. The number of carbonyl (C=O) groups is 1. The summed E-state index contributed by atoms with van der Waals surface area (Å²) in [6.07, 6.45) is 0.730. The standard InChI is InChI=1S/C6H13N3O2/c1-3-5(4-11-2)8-9-6(7)10/h3-4H2,1-2H3,(H3,7,9,10). The van der Waals surface area contributed by atoms with Gasteiger partial charge in [-0.1, -0.05) is 6.92 Å². The topological polar surface area (TPSA) is 76.7 Å². The first-order chi connectivity index (χ1) is 5.20. The number of nitrogens with two attached hydrogens (primary N) is 1. The Kier molecular flexibility index (Phi) is 5.10. The number of ether oxygens (including phenoxy) is 1. The lowest BCUT2D eigenvalue weighted by molar-refractivity contribution is 0.241. The minimum Gasteiger partial charge on any atom is -0.379 e. The zero-order valence-corrected chi connectivity index (χ0v) is 6.76. The molecular formula is C6H13N3O2. The molecule has 5 nitrogen and oxygen atoms in total. The number of nitrogens with one attached hydrogen (secondary N) is 1. The van der Waals surface area contributed by atoms with Crippen LogP contribution in [0.15, 0.2) is 5.10 Å². The molecule has 0 bridgehead atoms. The molecule has 0 fully saturated rings. The average Bonchev–Trinajstić information content (AvgIpc) is 1.97. The third kappa shape index (κ3) is 5.35. The van der Waals surface area contributed by atoms with Crippen molar-refractivity contribution in [2.24, 2.45) is 10.8 Å². The zero-order chi connectivity index (χ0) is 8.69. The van der Waals surface area contributed by atoms with Crippen LogP contribution in [0.4, 0.5) is 4.79 Å². The van der Waals surface area contributed by atoms with E-state index in [9.17, 15) is 4.79 Å². The van der Waals surface area contributed by atoms with Gasteiger partial charge in [-0.3, -0.25) is 0 Å². The lowest BCUT2D eigenvalue weighted by Gasteiger charge is -2.00. The number of urea groups is 1. The van der Waals surface area contributed by atoms with Crippen molar-refractivity contribution in [3.63, 3.8) is 0 Å². The van der Waals surface area contributed by atoms with Crippen molar-refractivity contribution >= 4 is 11.7 Å². The normalized spacial score (nSPS) is 11.3. The first kappa shape index (κ1) is 9.90. The third-order valence-corrected chi connectivity index (χ3v) is 1.04. The molecule has 0 atom stereocenters. The third-order valence-electron chi connectivity index (χ3n) is 1.04. The molecule has 0 spiro atoms. The van der Waals surface area contributed by atoms with E-state index in [2.05, 4.69) is 10.5 Å². The van der Waals surface area contributed by atoms with E-state index in [-0.39, 0.29) is 0 Å². The Labute approximate surface area is 65.6 Å². The van der Waals surface area contributed by atoms with E-state index in [4.69, 9.17) is 10.5 Å². The van der Waals surface area contributed by atoms with Gasteiger partial charge in [-0.05, 0) is 6.42 Å². The van der Waals surface area contributed by atoms with Crippen LogP contribution in [0.25, 0.3) is 0 Å². The van der Waals surface area contributed by atoms with Gasteiger partial charge in [-0.25, -0.2) is 10.2 Å². The van der Waals surface area contributed by atoms with Crippen molar-refractivity contribution in [1.29, 1.82) is 0 Å².